The van der Waals surface area contributed by atoms with E-state index in [1.165, 1.54) is 21.5 Å². The lowest BCUT2D eigenvalue weighted by Gasteiger charge is -2.40. The number of ketones is 1. The van der Waals surface area contributed by atoms with Gasteiger partial charge in [-0.1, -0.05) is 93.1 Å². The van der Waals surface area contributed by atoms with Crippen LogP contribution < -0.4 is 15.9 Å². The van der Waals surface area contributed by atoms with E-state index in [1.807, 2.05) is 0 Å². The van der Waals surface area contributed by atoms with Gasteiger partial charge in [0, 0.05) is 12.3 Å². The highest BCUT2D eigenvalue weighted by molar-refractivity contribution is 8.93. The van der Waals surface area contributed by atoms with Crippen LogP contribution in [0.25, 0.3) is 0 Å². The Kier molecular flexibility index (Phi) is 9.67. The molecule has 3 aromatic carbocycles. The normalized spacial score (nSPS) is 20.2. The molecular weight excluding hydrogens is 523 g/mol. The van der Waals surface area contributed by atoms with Gasteiger partial charge in [0.05, 0.1) is 6.16 Å². The Balaban J connectivity index is 0.00000361. The Morgan fingerprint density at radius 3 is 1.75 bits per heavy atom. The zero-order valence-corrected chi connectivity index (χ0v) is 24.5. The van der Waals surface area contributed by atoms with Gasteiger partial charge in [0.1, 0.15) is 29.0 Å². The van der Waals surface area contributed by atoms with Gasteiger partial charge in [0.25, 0.3) is 0 Å². The van der Waals surface area contributed by atoms with Gasteiger partial charge >= 0.3 is 0 Å². The highest BCUT2D eigenvalue weighted by Gasteiger charge is 2.44. The van der Waals surface area contributed by atoms with Crippen molar-refractivity contribution in [2.45, 2.75) is 40.5 Å². The average Bonchev–Trinajstić information content (AvgIpc) is 2.89. The van der Waals surface area contributed by atoms with E-state index in [9.17, 15) is 4.79 Å². The Bertz CT molecular complexity index is 1090. The molecule has 2 unspecified atom stereocenters. The Hall–Kier alpha value is -2.28. The van der Waals surface area contributed by atoms with Crippen LogP contribution in [0.5, 0.6) is 0 Å². The first-order valence-corrected chi connectivity index (χ1v) is 14.7. The minimum absolute atomic E-state index is 0. The van der Waals surface area contributed by atoms with Crippen LogP contribution in [0.2, 0.25) is 0 Å². The van der Waals surface area contributed by atoms with Crippen LogP contribution >= 0.6 is 24.2 Å². The summed E-state index contributed by atoms with van der Waals surface area (Å²) in [5.74, 6) is 0.777. The average molecular weight is 563 g/mol. The lowest BCUT2D eigenvalue weighted by molar-refractivity contribution is -0.128. The van der Waals surface area contributed by atoms with Gasteiger partial charge in [-0.05, 0) is 67.2 Å². The van der Waals surface area contributed by atoms with Gasteiger partial charge in [0.2, 0.25) is 0 Å². The van der Waals surface area contributed by atoms with Crippen molar-refractivity contribution in [1.29, 1.82) is 0 Å². The van der Waals surface area contributed by atoms with E-state index in [0.29, 0.717) is 12.2 Å². The summed E-state index contributed by atoms with van der Waals surface area (Å²) in [5.41, 5.74) is 1.41. The molecule has 0 aromatic heterocycles. The molecular formula is C33H39BrOP+. The third-order valence-corrected chi connectivity index (χ3v) is 12.1. The molecule has 2 atom stereocenters. The van der Waals surface area contributed by atoms with Gasteiger partial charge in [0.15, 0.2) is 0 Å². The zero-order chi connectivity index (χ0) is 24.9. The number of hydrogen-bond donors (Lipinski definition) is 0. The first-order chi connectivity index (χ1) is 16.8. The van der Waals surface area contributed by atoms with Crippen molar-refractivity contribution < 1.29 is 4.79 Å². The summed E-state index contributed by atoms with van der Waals surface area (Å²) in [5, 5.41) is 4.20. The molecule has 0 N–H and O–H groups in total. The molecule has 1 fully saturated rings. The van der Waals surface area contributed by atoms with E-state index in [-0.39, 0.29) is 34.2 Å². The first kappa shape index (κ1) is 28.3. The van der Waals surface area contributed by atoms with E-state index in [4.69, 9.17) is 0 Å². The largest absolute Gasteiger partial charge is 0.299 e. The molecule has 36 heavy (non-hydrogen) atoms. The fourth-order valence-electron chi connectivity index (χ4n) is 5.56. The summed E-state index contributed by atoms with van der Waals surface area (Å²) < 4.78 is 0. The molecule has 0 spiro atoms. The molecule has 0 amide bonds. The van der Waals surface area contributed by atoms with Crippen molar-refractivity contribution in [3.63, 3.8) is 0 Å². The molecule has 0 saturated heterocycles. The van der Waals surface area contributed by atoms with Crippen LogP contribution in [0.3, 0.4) is 0 Å². The smallest absolute Gasteiger partial charge is 0.136 e. The lowest BCUT2D eigenvalue weighted by atomic mass is 9.63. The second-order valence-electron chi connectivity index (χ2n) is 10.6. The summed E-state index contributed by atoms with van der Waals surface area (Å²) in [4.78, 5) is 12.4. The summed E-state index contributed by atoms with van der Waals surface area (Å²) in [6.45, 7) is 8.92. The Morgan fingerprint density at radius 1 is 0.861 bits per heavy atom. The van der Waals surface area contributed by atoms with Crippen LogP contribution in [0.4, 0.5) is 0 Å². The quantitative estimate of drug-likeness (QED) is 0.213. The number of rotatable bonds is 7. The molecule has 3 aromatic rings. The first-order valence-electron chi connectivity index (χ1n) is 12.8. The van der Waals surface area contributed by atoms with Crippen LogP contribution in [0, 0.1) is 17.3 Å². The Morgan fingerprint density at radius 2 is 1.31 bits per heavy atom. The van der Waals surface area contributed by atoms with Crippen molar-refractivity contribution in [3.05, 3.63) is 115 Å². The van der Waals surface area contributed by atoms with E-state index in [2.05, 4.69) is 137 Å². The topological polar surface area (TPSA) is 17.1 Å². The maximum absolute atomic E-state index is 12.4. The standard InChI is InChI=1S/C33H38OP.BrH/c1-26(20-21-31-27(2)32(34)22-24-33(31,3)4)23-25-35(28-14-8-5-9-15-28,29-16-10-6-11-17-29)30-18-12-7-13-19-30;/h5-21,23,27,31H,22,24-25H2,1-4H3;1H/q+1;. The summed E-state index contributed by atoms with van der Waals surface area (Å²) >= 11 is 0. The van der Waals surface area contributed by atoms with Crippen molar-refractivity contribution in [1.82, 2.24) is 0 Å². The number of allylic oxidation sites excluding steroid dienone is 4. The van der Waals surface area contributed by atoms with E-state index >= 15 is 0 Å². The molecule has 1 aliphatic carbocycles. The molecule has 3 heteroatoms. The summed E-state index contributed by atoms with van der Waals surface area (Å²) in [7, 11) is -1.87. The maximum atomic E-state index is 12.4. The number of carbonyl (C=O) groups excluding carboxylic acids is 1. The van der Waals surface area contributed by atoms with Gasteiger partial charge in [-0.25, -0.2) is 0 Å². The lowest BCUT2D eigenvalue weighted by Crippen LogP contribution is -2.37. The van der Waals surface area contributed by atoms with Gasteiger partial charge in [-0.15, -0.1) is 17.0 Å². The fourth-order valence-corrected chi connectivity index (χ4v) is 9.69. The molecule has 0 radical (unpaired) electrons. The molecule has 0 bridgehead atoms. The second kappa shape index (κ2) is 12.3. The summed E-state index contributed by atoms with van der Waals surface area (Å²) in [6.07, 6.45) is 9.63. The van der Waals surface area contributed by atoms with Crippen molar-refractivity contribution in [2.24, 2.45) is 17.3 Å². The second-order valence-corrected chi connectivity index (χ2v) is 14.1. The van der Waals surface area contributed by atoms with Crippen LogP contribution in [0.1, 0.15) is 40.5 Å². The SMILES string of the molecule is Br.CC(C=CC1C(C)C(=O)CCC1(C)C)=CC[P+](c1ccccc1)(c1ccccc1)c1ccccc1. The third-order valence-electron chi connectivity index (χ3n) is 7.81. The van der Waals surface area contributed by atoms with Crippen molar-refractivity contribution >= 4 is 45.9 Å². The zero-order valence-electron chi connectivity index (χ0n) is 21.9. The molecule has 1 aliphatic rings. The molecule has 1 nitrogen and oxygen atoms in total. The number of benzene rings is 3. The molecule has 0 heterocycles. The van der Waals surface area contributed by atoms with Crippen LogP contribution in [-0.2, 0) is 4.79 Å². The van der Waals surface area contributed by atoms with E-state index < -0.39 is 7.26 Å². The minimum Gasteiger partial charge on any atom is -0.299 e. The number of carbonyl (C=O) groups is 1. The summed E-state index contributed by atoms with van der Waals surface area (Å²) in [6, 6.07) is 33.1. The maximum Gasteiger partial charge on any atom is 0.136 e. The number of halogens is 1. The molecule has 1 saturated carbocycles. The fraction of sp³-hybridized carbons (Fsp3) is 0.303. The number of hydrogen-bond acceptors (Lipinski definition) is 1. The van der Waals surface area contributed by atoms with Gasteiger partial charge in [-0.3, -0.25) is 4.79 Å². The third kappa shape index (κ3) is 5.99. The van der Waals surface area contributed by atoms with Crippen molar-refractivity contribution in [3.8, 4) is 0 Å². The highest BCUT2D eigenvalue weighted by Crippen LogP contribution is 2.55. The Labute approximate surface area is 228 Å². The van der Waals surface area contributed by atoms with Crippen molar-refractivity contribution in [2.75, 3.05) is 6.16 Å². The minimum atomic E-state index is -1.87. The number of Topliss-reactive ketones (excluding diaryl/α,β-unsaturated/α-hetero) is 1. The van der Waals surface area contributed by atoms with Crippen LogP contribution in [0.15, 0.2) is 115 Å². The van der Waals surface area contributed by atoms with E-state index in [0.717, 1.165) is 12.6 Å². The molecule has 0 aliphatic heterocycles. The van der Waals surface area contributed by atoms with Gasteiger partial charge < -0.3 is 0 Å². The monoisotopic (exact) mass is 561 g/mol. The highest BCUT2D eigenvalue weighted by atomic mass is 79.9. The molecule has 4 rings (SSSR count). The van der Waals surface area contributed by atoms with Crippen LogP contribution in [-0.4, -0.2) is 11.9 Å². The molecule has 188 valence electrons. The predicted octanol–water partition coefficient (Wildman–Crippen LogP) is 7.70. The predicted molar refractivity (Wildman–Crippen MR) is 164 cm³/mol. The van der Waals surface area contributed by atoms with E-state index in [1.54, 1.807) is 0 Å². The van der Waals surface area contributed by atoms with Gasteiger partial charge in [-0.2, -0.15) is 0 Å².